The first-order valence-corrected chi connectivity index (χ1v) is 18.0. The number of pyridine rings is 2. The molecule has 2 aromatic heterocycles. The summed E-state index contributed by atoms with van der Waals surface area (Å²) in [6.07, 6.45) is 0. The molecule has 0 saturated heterocycles. The molecule has 0 unspecified atom stereocenters. The molecule has 0 saturated carbocycles. The number of nitrogens with zero attached hydrogens (tertiary/aromatic N) is 2. The van der Waals surface area contributed by atoms with Gasteiger partial charge in [0.15, 0.2) is 0 Å². The van der Waals surface area contributed by atoms with E-state index in [-0.39, 0.29) is 11.8 Å². The molecule has 6 nitrogen and oxygen atoms in total. The summed E-state index contributed by atoms with van der Waals surface area (Å²) in [4.78, 5) is 38.2. The van der Waals surface area contributed by atoms with Gasteiger partial charge in [-0.3, -0.25) is 9.59 Å². The van der Waals surface area contributed by atoms with Crippen molar-refractivity contribution in [2.75, 3.05) is 10.6 Å². The number of amides is 2. The van der Waals surface area contributed by atoms with Gasteiger partial charge in [-0.25, -0.2) is 9.97 Å². The number of carbonyl (C=O) groups is 2. The van der Waals surface area contributed by atoms with Crippen molar-refractivity contribution in [1.29, 1.82) is 0 Å². The maximum atomic E-state index is 14.1. The number of anilines is 2. The van der Waals surface area contributed by atoms with Crippen LogP contribution in [0, 0.1) is 27.7 Å². The monoisotopic (exact) mass is 702 g/mol. The van der Waals surface area contributed by atoms with Crippen LogP contribution in [-0.4, -0.2) is 21.8 Å². The fourth-order valence-electron chi connectivity index (χ4n) is 6.74. The molecule has 8 rings (SSSR count). The lowest BCUT2D eigenvalue weighted by Gasteiger charge is -2.14. The van der Waals surface area contributed by atoms with Crippen molar-refractivity contribution >= 4 is 45.0 Å². The van der Waals surface area contributed by atoms with E-state index in [1.165, 1.54) is 0 Å². The van der Waals surface area contributed by atoms with Crippen LogP contribution in [0.25, 0.3) is 55.4 Å². The van der Waals surface area contributed by atoms with E-state index in [2.05, 4.69) is 24.5 Å². The molecule has 2 heterocycles. The Morgan fingerprint density at radius 2 is 0.815 bits per heavy atom. The molecule has 0 aliphatic carbocycles. The van der Waals surface area contributed by atoms with Gasteiger partial charge in [0.1, 0.15) is 0 Å². The Balaban J connectivity index is 1.25. The molecule has 0 spiro atoms. The van der Waals surface area contributed by atoms with E-state index in [1.54, 1.807) is 0 Å². The first-order valence-electron chi connectivity index (χ1n) is 18.0. The molecule has 0 bridgehead atoms. The summed E-state index contributed by atoms with van der Waals surface area (Å²) >= 11 is 0. The van der Waals surface area contributed by atoms with E-state index >= 15 is 0 Å². The van der Waals surface area contributed by atoms with E-state index < -0.39 is 0 Å². The summed E-state index contributed by atoms with van der Waals surface area (Å²) in [5, 5.41) is 7.69. The van der Waals surface area contributed by atoms with Crippen LogP contribution in [0.15, 0.2) is 146 Å². The van der Waals surface area contributed by atoms with Gasteiger partial charge in [-0.1, -0.05) is 84.9 Å². The van der Waals surface area contributed by atoms with Crippen LogP contribution in [0.2, 0.25) is 0 Å². The number of hydrogen-bond acceptors (Lipinski definition) is 4. The Morgan fingerprint density at radius 1 is 0.407 bits per heavy atom. The molecule has 0 fully saturated rings. The molecular formula is C48H38N4O2. The fraction of sp³-hybridized carbons (Fsp3) is 0.0833. The number of hydrogen-bond donors (Lipinski definition) is 2. The average molecular weight is 703 g/mol. The van der Waals surface area contributed by atoms with Crippen LogP contribution < -0.4 is 10.6 Å². The summed E-state index contributed by atoms with van der Waals surface area (Å²) in [6, 6.07) is 47.3. The number of nitrogens with one attached hydrogen (secondary N) is 2. The summed E-state index contributed by atoms with van der Waals surface area (Å²) < 4.78 is 0. The Kier molecular flexibility index (Phi) is 9.02. The van der Waals surface area contributed by atoms with Crippen molar-refractivity contribution in [2.45, 2.75) is 27.7 Å². The lowest BCUT2D eigenvalue weighted by atomic mass is 9.96. The molecule has 0 aliphatic rings. The van der Waals surface area contributed by atoms with Gasteiger partial charge >= 0.3 is 0 Å². The fourth-order valence-corrected chi connectivity index (χ4v) is 6.74. The third-order valence-electron chi connectivity index (χ3n) is 10.1. The van der Waals surface area contributed by atoms with E-state index in [4.69, 9.17) is 9.97 Å². The number of rotatable bonds is 7. The predicted molar refractivity (Wildman–Crippen MR) is 221 cm³/mol. The van der Waals surface area contributed by atoms with E-state index in [0.717, 1.165) is 66.7 Å². The zero-order chi connectivity index (χ0) is 37.3. The first-order chi connectivity index (χ1) is 26.2. The third kappa shape index (κ3) is 6.85. The quantitative estimate of drug-likeness (QED) is 0.173. The van der Waals surface area contributed by atoms with Crippen LogP contribution in [0.5, 0.6) is 0 Å². The first kappa shape index (κ1) is 34.2. The smallest absolute Gasteiger partial charge is 0.256 e. The summed E-state index contributed by atoms with van der Waals surface area (Å²) in [5.41, 5.74) is 13.5. The zero-order valence-electron chi connectivity index (χ0n) is 30.6. The molecule has 262 valence electrons. The third-order valence-corrected chi connectivity index (χ3v) is 10.1. The van der Waals surface area contributed by atoms with Crippen molar-refractivity contribution in [3.05, 3.63) is 179 Å². The molecule has 6 aromatic carbocycles. The normalized spacial score (nSPS) is 11.1. The van der Waals surface area contributed by atoms with E-state index in [9.17, 15) is 9.59 Å². The van der Waals surface area contributed by atoms with Gasteiger partial charge in [0, 0.05) is 33.3 Å². The lowest BCUT2D eigenvalue weighted by Crippen LogP contribution is -2.13. The lowest BCUT2D eigenvalue weighted by molar-refractivity contribution is 0.102. The number of benzene rings is 6. The predicted octanol–water partition coefficient (Wildman–Crippen LogP) is 11.5. The second kappa shape index (κ2) is 14.2. The van der Waals surface area contributed by atoms with Gasteiger partial charge in [0.05, 0.1) is 33.5 Å². The van der Waals surface area contributed by atoms with Crippen molar-refractivity contribution in [1.82, 2.24) is 9.97 Å². The van der Waals surface area contributed by atoms with Crippen molar-refractivity contribution in [3.63, 3.8) is 0 Å². The van der Waals surface area contributed by atoms with Gasteiger partial charge in [-0.15, -0.1) is 0 Å². The molecule has 0 radical (unpaired) electrons. The molecule has 2 N–H and O–H groups in total. The second-order valence-electron chi connectivity index (χ2n) is 13.8. The highest BCUT2D eigenvalue weighted by atomic mass is 16.2. The van der Waals surface area contributed by atoms with Crippen molar-refractivity contribution in [3.8, 4) is 33.6 Å². The minimum absolute atomic E-state index is 0.221. The Labute approximate surface area is 314 Å². The molecular weight excluding hydrogens is 665 g/mol. The standard InChI is InChI=1S/C48H38N4O2/c1-29-15-19-37(23-31(29)3)49-47(53)41-27-45(33-11-7-5-8-12-33)51-43-21-17-35(25-39(41)43)36-18-22-44-40(26-36)42(28-46(52-44)34-13-9-6-10-14-34)48(54)50-38-20-16-30(2)32(4)24-38/h5-28H,1-4H3,(H,49,53)(H,50,54). The minimum atomic E-state index is -0.221. The van der Waals surface area contributed by atoms with E-state index in [0.29, 0.717) is 33.5 Å². The highest BCUT2D eigenvalue weighted by Gasteiger charge is 2.19. The highest BCUT2D eigenvalue weighted by molar-refractivity contribution is 6.15. The van der Waals surface area contributed by atoms with Crippen molar-refractivity contribution < 1.29 is 9.59 Å². The minimum Gasteiger partial charge on any atom is -0.322 e. The summed E-state index contributed by atoms with van der Waals surface area (Å²) in [7, 11) is 0. The maximum Gasteiger partial charge on any atom is 0.256 e. The maximum absolute atomic E-state index is 14.1. The average Bonchev–Trinajstić information content (AvgIpc) is 3.20. The topological polar surface area (TPSA) is 84.0 Å². The summed E-state index contributed by atoms with van der Waals surface area (Å²) in [6.45, 7) is 8.17. The summed E-state index contributed by atoms with van der Waals surface area (Å²) in [5.74, 6) is -0.442. The van der Waals surface area contributed by atoms with Gasteiger partial charge in [0.25, 0.3) is 11.8 Å². The van der Waals surface area contributed by atoms with Crippen LogP contribution in [0.4, 0.5) is 11.4 Å². The number of aromatic nitrogens is 2. The molecule has 2 amide bonds. The van der Waals surface area contributed by atoms with Gasteiger partial charge in [-0.2, -0.15) is 0 Å². The van der Waals surface area contributed by atoms with E-state index in [1.807, 2.05) is 159 Å². The molecule has 0 aliphatic heterocycles. The highest BCUT2D eigenvalue weighted by Crippen LogP contribution is 2.33. The van der Waals surface area contributed by atoms with Crippen LogP contribution in [0.1, 0.15) is 43.0 Å². The van der Waals surface area contributed by atoms with Crippen LogP contribution in [0.3, 0.4) is 0 Å². The molecule has 6 heteroatoms. The number of fused-ring (bicyclic) bond motifs is 2. The Hall–Kier alpha value is -6.92. The van der Waals surface area contributed by atoms with Gasteiger partial charge < -0.3 is 10.6 Å². The Bertz CT molecular complexity index is 2550. The number of carbonyl (C=O) groups excluding carboxylic acids is 2. The van der Waals surface area contributed by atoms with Gasteiger partial charge in [0.2, 0.25) is 0 Å². The number of aryl methyl sites for hydroxylation is 4. The second-order valence-corrected chi connectivity index (χ2v) is 13.8. The largest absolute Gasteiger partial charge is 0.322 e. The SMILES string of the molecule is Cc1ccc(NC(=O)c2cc(-c3ccccc3)nc3ccc(-c4ccc5nc(-c6ccccc6)cc(C(=O)Nc6ccc(C)c(C)c6)c5c4)cc23)cc1C. The van der Waals surface area contributed by atoms with Crippen LogP contribution >= 0.6 is 0 Å². The molecule has 0 atom stereocenters. The zero-order valence-corrected chi connectivity index (χ0v) is 30.6. The van der Waals surface area contributed by atoms with Crippen LogP contribution in [-0.2, 0) is 0 Å². The molecule has 8 aromatic rings. The molecule has 54 heavy (non-hydrogen) atoms. The Morgan fingerprint density at radius 3 is 1.20 bits per heavy atom. The van der Waals surface area contributed by atoms with Crippen molar-refractivity contribution in [2.24, 2.45) is 0 Å². The van der Waals surface area contributed by atoms with Gasteiger partial charge in [-0.05, 0) is 122 Å².